The Hall–Kier alpha value is -0.700. The number of carboxylic acid groups (broad SMARTS) is 1. The van der Waals surface area contributed by atoms with E-state index in [4.69, 9.17) is 9.66 Å². The molecule has 1 aliphatic rings. The molecule has 0 aromatic carbocycles. The van der Waals surface area contributed by atoms with Crippen molar-refractivity contribution in [2.75, 3.05) is 6.54 Å². The third kappa shape index (κ3) is 3.58. The second-order valence-electron chi connectivity index (χ2n) is 3.02. The number of aliphatic carboxylic acids is 1. The average Bonchev–Trinajstić information content (AvgIpc) is 2.01. The summed E-state index contributed by atoms with van der Waals surface area (Å²) in [5, 5.41) is 11.3. The van der Waals surface area contributed by atoms with E-state index in [2.05, 4.69) is 9.50 Å². The minimum Gasteiger partial charge on any atom is -0.480 e. The maximum Gasteiger partial charge on any atom is 0.397 e. The number of hydrogen-bond acceptors (Lipinski definition) is 5. The Kier molecular flexibility index (Phi) is 3.43. The van der Waals surface area contributed by atoms with Gasteiger partial charge in [0, 0.05) is 6.42 Å². The van der Waals surface area contributed by atoms with Gasteiger partial charge >= 0.3 is 16.4 Å². The summed E-state index contributed by atoms with van der Waals surface area (Å²) in [6.07, 6.45) is -0.397. The number of nitrogens with one attached hydrogen (secondary N) is 1. The first kappa shape index (κ1) is 11.4. The molecule has 0 aromatic heterocycles. The van der Waals surface area contributed by atoms with E-state index in [1.807, 2.05) is 0 Å². The van der Waals surface area contributed by atoms with Gasteiger partial charge in [-0.15, -0.1) is 0 Å². The van der Waals surface area contributed by atoms with Gasteiger partial charge in [-0.3, -0.25) is 9.35 Å². The number of rotatable bonds is 3. The maximum atomic E-state index is 10.5. The lowest BCUT2D eigenvalue weighted by Crippen LogP contribution is -2.46. The van der Waals surface area contributed by atoms with Crippen LogP contribution in [0, 0.1) is 0 Å². The Morgan fingerprint density at radius 2 is 2.14 bits per heavy atom. The van der Waals surface area contributed by atoms with Crippen LogP contribution in [0.4, 0.5) is 0 Å². The van der Waals surface area contributed by atoms with E-state index in [1.54, 1.807) is 0 Å². The van der Waals surface area contributed by atoms with Crippen LogP contribution >= 0.6 is 0 Å². The quantitative estimate of drug-likeness (QED) is 0.528. The van der Waals surface area contributed by atoms with E-state index in [9.17, 15) is 13.2 Å². The molecule has 0 aromatic rings. The summed E-state index contributed by atoms with van der Waals surface area (Å²) >= 11 is 0. The maximum absolute atomic E-state index is 10.5. The molecule has 1 aliphatic heterocycles. The molecule has 0 aliphatic carbocycles. The number of hydrogen-bond donors (Lipinski definition) is 3. The zero-order valence-corrected chi connectivity index (χ0v) is 8.03. The van der Waals surface area contributed by atoms with Gasteiger partial charge in [0.05, 0.1) is 6.10 Å². The lowest BCUT2D eigenvalue weighted by molar-refractivity contribution is -0.140. The summed E-state index contributed by atoms with van der Waals surface area (Å²) in [5.74, 6) is -1.06. The van der Waals surface area contributed by atoms with Gasteiger partial charge in [0.1, 0.15) is 6.04 Å². The van der Waals surface area contributed by atoms with E-state index in [1.165, 1.54) is 0 Å². The summed E-state index contributed by atoms with van der Waals surface area (Å²) in [6.45, 7) is 0.344. The number of carbonyl (C=O) groups is 1. The van der Waals surface area contributed by atoms with Crippen LogP contribution in [-0.2, 0) is 19.4 Å². The monoisotopic (exact) mass is 225 g/mol. The van der Waals surface area contributed by atoms with Gasteiger partial charge in [0.15, 0.2) is 0 Å². The second-order valence-corrected chi connectivity index (χ2v) is 4.06. The smallest absolute Gasteiger partial charge is 0.397 e. The van der Waals surface area contributed by atoms with Gasteiger partial charge in [-0.2, -0.15) is 8.42 Å². The molecule has 82 valence electrons. The van der Waals surface area contributed by atoms with Crippen molar-refractivity contribution in [1.29, 1.82) is 0 Å². The van der Waals surface area contributed by atoms with Crippen molar-refractivity contribution in [2.24, 2.45) is 0 Å². The molecular formula is C6H11NO6S. The highest BCUT2D eigenvalue weighted by atomic mass is 32.3. The lowest BCUT2D eigenvalue weighted by atomic mass is 10.0. The summed E-state index contributed by atoms with van der Waals surface area (Å²) in [6, 6.07) is -0.824. The summed E-state index contributed by atoms with van der Waals surface area (Å²) < 4.78 is 33.3. The van der Waals surface area contributed by atoms with Gasteiger partial charge in [0.2, 0.25) is 0 Å². The van der Waals surface area contributed by atoms with Gasteiger partial charge in [0.25, 0.3) is 0 Å². The summed E-state index contributed by atoms with van der Waals surface area (Å²) in [5.41, 5.74) is 0. The zero-order valence-electron chi connectivity index (χ0n) is 7.21. The molecule has 0 amide bonds. The van der Waals surface area contributed by atoms with E-state index in [0.29, 0.717) is 13.0 Å². The van der Waals surface area contributed by atoms with E-state index < -0.39 is 28.5 Å². The van der Waals surface area contributed by atoms with Crippen LogP contribution in [0.3, 0.4) is 0 Å². The van der Waals surface area contributed by atoms with Crippen LogP contribution < -0.4 is 5.32 Å². The molecule has 1 heterocycles. The normalized spacial score (nSPS) is 28.6. The predicted molar refractivity (Wildman–Crippen MR) is 45.1 cm³/mol. The van der Waals surface area contributed by atoms with Gasteiger partial charge in [-0.05, 0) is 13.0 Å². The fourth-order valence-corrected chi connectivity index (χ4v) is 1.85. The molecule has 2 atom stereocenters. The molecule has 1 fully saturated rings. The molecule has 0 bridgehead atoms. The van der Waals surface area contributed by atoms with Crippen LogP contribution in [-0.4, -0.2) is 42.7 Å². The molecule has 0 unspecified atom stereocenters. The standard InChI is InChI=1S/C6H11NO6S/c8-6(9)5-3-4(1-2-7-5)13-14(10,11)12/h4-5,7H,1-3H2,(H,8,9)(H,10,11,12)/t4-,5-/m1/s1. The number of carboxylic acids is 1. The third-order valence-electron chi connectivity index (χ3n) is 1.91. The van der Waals surface area contributed by atoms with Crippen molar-refractivity contribution in [3.05, 3.63) is 0 Å². The first-order valence-electron chi connectivity index (χ1n) is 4.00. The van der Waals surface area contributed by atoms with Gasteiger partial charge in [-0.1, -0.05) is 0 Å². The molecule has 1 saturated heterocycles. The van der Waals surface area contributed by atoms with E-state index in [0.717, 1.165) is 0 Å². The molecule has 0 spiro atoms. The van der Waals surface area contributed by atoms with Crippen molar-refractivity contribution in [2.45, 2.75) is 25.0 Å². The minimum atomic E-state index is -4.49. The Morgan fingerprint density at radius 3 is 2.64 bits per heavy atom. The molecule has 0 saturated carbocycles. The lowest BCUT2D eigenvalue weighted by Gasteiger charge is -2.26. The zero-order chi connectivity index (χ0) is 10.8. The fraction of sp³-hybridized carbons (Fsp3) is 0.833. The predicted octanol–water partition coefficient (Wildman–Crippen LogP) is -0.989. The SMILES string of the molecule is O=C(O)[C@H]1C[C@H](OS(=O)(=O)O)CCN1. The molecule has 7 nitrogen and oxygen atoms in total. The highest BCUT2D eigenvalue weighted by Crippen LogP contribution is 2.14. The van der Waals surface area contributed by atoms with Crippen molar-refractivity contribution in [1.82, 2.24) is 5.32 Å². The summed E-state index contributed by atoms with van der Waals surface area (Å²) in [4.78, 5) is 10.5. The summed E-state index contributed by atoms with van der Waals surface area (Å²) in [7, 11) is -4.49. The molecule has 14 heavy (non-hydrogen) atoms. The Bertz CT molecular complexity index is 312. The minimum absolute atomic E-state index is 0.0229. The Labute approximate surface area is 81.0 Å². The van der Waals surface area contributed by atoms with Crippen LogP contribution in [0.2, 0.25) is 0 Å². The van der Waals surface area contributed by atoms with Crippen LogP contribution in [0.5, 0.6) is 0 Å². The van der Waals surface area contributed by atoms with Crippen molar-refractivity contribution < 1.29 is 27.1 Å². The van der Waals surface area contributed by atoms with Crippen molar-refractivity contribution in [3.63, 3.8) is 0 Å². The molecular weight excluding hydrogens is 214 g/mol. The highest BCUT2D eigenvalue weighted by molar-refractivity contribution is 7.80. The first-order valence-corrected chi connectivity index (χ1v) is 5.37. The highest BCUT2D eigenvalue weighted by Gasteiger charge is 2.29. The van der Waals surface area contributed by atoms with E-state index in [-0.39, 0.29) is 6.42 Å². The molecule has 8 heteroatoms. The largest absolute Gasteiger partial charge is 0.480 e. The topological polar surface area (TPSA) is 113 Å². The Balaban J connectivity index is 2.52. The molecule has 1 rings (SSSR count). The van der Waals surface area contributed by atoms with Crippen molar-refractivity contribution >= 4 is 16.4 Å². The molecule has 3 N–H and O–H groups in total. The van der Waals surface area contributed by atoms with Gasteiger partial charge in [-0.25, -0.2) is 4.18 Å². The molecule has 0 radical (unpaired) electrons. The Morgan fingerprint density at radius 1 is 1.50 bits per heavy atom. The van der Waals surface area contributed by atoms with Crippen LogP contribution in [0.15, 0.2) is 0 Å². The third-order valence-corrected chi connectivity index (χ3v) is 2.43. The number of piperidine rings is 1. The van der Waals surface area contributed by atoms with Crippen LogP contribution in [0.25, 0.3) is 0 Å². The van der Waals surface area contributed by atoms with Gasteiger partial charge < -0.3 is 10.4 Å². The van der Waals surface area contributed by atoms with Crippen LogP contribution in [0.1, 0.15) is 12.8 Å². The fourth-order valence-electron chi connectivity index (χ4n) is 1.33. The average molecular weight is 225 g/mol. The van der Waals surface area contributed by atoms with E-state index >= 15 is 0 Å². The second kappa shape index (κ2) is 4.22. The van der Waals surface area contributed by atoms with Crippen molar-refractivity contribution in [3.8, 4) is 0 Å². The first-order chi connectivity index (χ1) is 6.38.